The maximum Gasteiger partial charge on any atom is 0.279 e. The molecule has 20 heavy (non-hydrogen) atoms. The van der Waals surface area contributed by atoms with E-state index in [1.165, 1.54) is 7.05 Å². The molecule has 1 unspecified atom stereocenters. The minimum absolute atomic E-state index is 0.137. The van der Waals surface area contributed by atoms with Crippen molar-refractivity contribution in [1.29, 1.82) is 5.26 Å². The van der Waals surface area contributed by atoms with E-state index in [9.17, 15) is 8.42 Å². The second-order valence-corrected chi connectivity index (χ2v) is 6.87. The van der Waals surface area contributed by atoms with Crippen LogP contribution in [0.25, 0.3) is 0 Å². The van der Waals surface area contributed by atoms with Crippen LogP contribution in [-0.4, -0.2) is 26.3 Å². The van der Waals surface area contributed by atoms with Gasteiger partial charge in [0.2, 0.25) is 0 Å². The zero-order valence-corrected chi connectivity index (χ0v) is 13.4. The second-order valence-electron chi connectivity index (χ2n) is 4.25. The van der Waals surface area contributed by atoms with Crippen LogP contribution in [0.15, 0.2) is 18.2 Å². The molecule has 8 heteroatoms. The van der Waals surface area contributed by atoms with E-state index in [0.717, 1.165) is 4.31 Å². The van der Waals surface area contributed by atoms with Crippen molar-refractivity contribution in [1.82, 2.24) is 9.03 Å². The van der Waals surface area contributed by atoms with Gasteiger partial charge >= 0.3 is 0 Å². The van der Waals surface area contributed by atoms with Crippen LogP contribution in [0.5, 0.6) is 0 Å². The first-order chi connectivity index (χ1) is 9.27. The molecule has 0 aliphatic heterocycles. The number of nitriles is 1. The average Bonchev–Trinajstić information content (AvgIpc) is 2.38. The van der Waals surface area contributed by atoms with Crippen LogP contribution in [0.4, 0.5) is 0 Å². The van der Waals surface area contributed by atoms with Gasteiger partial charge in [-0.2, -0.15) is 22.7 Å². The van der Waals surface area contributed by atoms with Crippen LogP contribution in [0.1, 0.15) is 24.9 Å². The van der Waals surface area contributed by atoms with Gasteiger partial charge in [0.25, 0.3) is 10.2 Å². The van der Waals surface area contributed by atoms with Crippen LogP contribution in [-0.2, 0) is 10.2 Å². The minimum Gasteiger partial charge on any atom is -0.198 e. The van der Waals surface area contributed by atoms with Crippen molar-refractivity contribution in [2.24, 2.45) is 0 Å². The van der Waals surface area contributed by atoms with E-state index < -0.39 is 16.3 Å². The molecule has 110 valence electrons. The lowest BCUT2D eigenvalue weighted by Crippen LogP contribution is -2.39. The first-order valence-electron chi connectivity index (χ1n) is 5.83. The van der Waals surface area contributed by atoms with Gasteiger partial charge in [-0.05, 0) is 24.6 Å². The van der Waals surface area contributed by atoms with E-state index in [1.807, 2.05) is 6.07 Å². The Kier molecular flexibility index (Phi) is 6.24. The largest absolute Gasteiger partial charge is 0.279 e. The van der Waals surface area contributed by atoms with E-state index in [-0.39, 0.29) is 13.0 Å². The molecular formula is C12H15Cl2N3O2S. The van der Waals surface area contributed by atoms with E-state index in [2.05, 4.69) is 4.72 Å². The number of hydrogen-bond acceptors (Lipinski definition) is 3. The Bertz CT molecular complexity index is 614. The predicted octanol–water partition coefficient (Wildman–Crippen LogP) is 2.73. The fourth-order valence-corrected chi connectivity index (χ4v) is 2.89. The summed E-state index contributed by atoms with van der Waals surface area (Å²) in [5, 5.41) is 9.26. The Hall–Kier alpha value is -0.840. The summed E-state index contributed by atoms with van der Waals surface area (Å²) in [4.78, 5) is 0. The number of nitrogens with one attached hydrogen (secondary N) is 1. The molecule has 0 saturated heterocycles. The number of benzene rings is 1. The summed E-state index contributed by atoms with van der Waals surface area (Å²) < 4.78 is 27.7. The molecule has 0 aliphatic rings. The molecular weight excluding hydrogens is 321 g/mol. The molecule has 1 aromatic rings. The summed E-state index contributed by atoms with van der Waals surface area (Å²) in [5.74, 6) is 0. The monoisotopic (exact) mass is 335 g/mol. The van der Waals surface area contributed by atoms with E-state index in [4.69, 9.17) is 28.5 Å². The zero-order valence-electron chi connectivity index (χ0n) is 11.1. The molecule has 0 aliphatic carbocycles. The lowest BCUT2D eigenvalue weighted by molar-refractivity contribution is 0.456. The van der Waals surface area contributed by atoms with Crippen LogP contribution in [0.3, 0.4) is 0 Å². The molecule has 0 spiro atoms. The summed E-state index contributed by atoms with van der Waals surface area (Å²) in [6, 6.07) is 6.38. The van der Waals surface area contributed by atoms with Gasteiger partial charge in [0.05, 0.1) is 16.1 Å². The Morgan fingerprint density at radius 1 is 1.40 bits per heavy atom. The molecule has 0 saturated carbocycles. The molecule has 0 fully saturated rings. The molecule has 1 atom stereocenters. The van der Waals surface area contributed by atoms with Crippen molar-refractivity contribution < 1.29 is 8.42 Å². The van der Waals surface area contributed by atoms with Crippen molar-refractivity contribution in [3.63, 3.8) is 0 Å². The smallest absolute Gasteiger partial charge is 0.198 e. The Labute approximate surface area is 129 Å². The maximum absolute atomic E-state index is 12.0. The Morgan fingerprint density at radius 3 is 2.60 bits per heavy atom. The van der Waals surface area contributed by atoms with E-state index in [0.29, 0.717) is 15.6 Å². The highest BCUT2D eigenvalue weighted by molar-refractivity contribution is 7.87. The van der Waals surface area contributed by atoms with E-state index >= 15 is 0 Å². The summed E-state index contributed by atoms with van der Waals surface area (Å²) in [5.41, 5.74) is 0.705. The lowest BCUT2D eigenvalue weighted by Gasteiger charge is -2.20. The van der Waals surface area contributed by atoms with Gasteiger partial charge in [-0.15, -0.1) is 0 Å². The molecule has 0 heterocycles. The van der Waals surface area contributed by atoms with Crippen LogP contribution in [0, 0.1) is 11.3 Å². The molecule has 5 nitrogen and oxygen atoms in total. The standard InChI is InChI=1S/C12H15Cl2N3O2S/c1-9(10-4-5-11(13)12(14)8-10)16-20(18,19)17(2)7-3-6-15/h4-5,8-9,16H,3,7H2,1-2H3. The SMILES string of the molecule is CC(NS(=O)(=O)N(C)CCC#N)c1ccc(Cl)c(Cl)c1. The predicted molar refractivity (Wildman–Crippen MR) is 79.8 cm³/mol. The molecule has 0 amide bonds. The quantitative estimate of drug-likeness (QED) is 0.868. The molecule has 0 aromatic heterocycles. The number of nitrogens with zero attached hydrogens (tertiary/aromatic N) is 2. The van der Waals surface area contributed by atoms with E-state index in [1.54, 1.807) is 25.1 Å². The van der Waals surface area contributed by atoms with Gasteiger partial charge in [0.1, 0.15) is 0 Å². The normalized spacial score (nSPS) is 13.2. The molecule has 0 bridgehead atoms. The lowest BCUT2D eigenvalue weighted by atomic mass is 10.1. The summed E-state index contributed by atoms with van der Waals surface area (Å²) >= 11 is 11.7. The first-order valence-corrected chi connectivity index (χ1v) is 8.03. The average molecular weight is 336 g/mol. The Balaban J connectivity index is 2.81. The third-order valence-electron chi connectivity index (χ3n) is 2.72. The van der Waals surface area contributed by atoms with Crippen LogP contribution in [0.2, 0.25) is 10.0 Å². The molecule has 1 aromatic carbocycles. The van der Waals surface area contributed by atoms with Crippen molar-refractivity contribution in [2.45, 2.75) is 19.4 Å². The van der Waals surface area contributed by atoms with Crippen molar-refractivity contribution in [3.8, 4) is 6.07 Å². The van der Waals surface area contributed by atoms with Gasteiger partial charge in [0.15, 0.2) is 0 Å². The van der Waals surface area contributed by atoms with Crippen molar-refractivity contribution >= 4 is 33.4 Å². The van der Waals surface area contributed by atoms with Crippen molar-refractivity contribution in [2.75, 3.05) is 13.6 Å². The summed E-state index contributed by atoms with van der Waals surface area (Å²) in [6.45, 7) is 1.84. The Morgan fingerprint density at radius 2 is 2.05 bits per heavy atom. The van der Waals surface area contributed by atoms with Crippen LogP contribution >= 0.6 is 23.2 Å². The second kappa shape index (κ2) is 7.25. The summed E-state index contributed by atoms with van der Waals surface area (Å²) in [7, 11) is -2.23. The molecule has 0 radical (unpaired) electrons. The van der Waals surface area contributed by atoms with Crippen LogP contribution < -0.4 is 4.72 Å². The fourth-order valence-electron chi connectivity index (χ4n) is 1.49. The van der Waals surface area contributed by atoms with Gasteiger partial charge in [-0.25, -0.2) is 0 Å². The number of hydrogen-bond donors (Lipinski definition) is 1. The van der Waals surface area contributed by atoms with Gasteiger partial charge in [-0.1, -0.05) is 29.3 Å². The minimum atomic E-state index is -3.65. The van der Waals surface area contributed by atoms with Gasteiger partial charge in [-0.3, -0.25) is 0 Å². The highest BCUT2D eigenvalue weighted by atomic mass is 35.5. The molecule has 1 rings (SSSR count). The maximum atomic E-state index is 12.0. The highest BCUT2D eigenvalue weighted by Gasteiger charge is 2.20. The first kappa shape index (κ1) is 17.2. The van der Waals surface area contributed by atoms with Gasteiger partial charge in [0, 0.05) is 26.1 Å². The third-order valence-corrected chi connectivity index (χ3v) is 5.11. The van der Waals surface area contributed by atoms with Gasteiger partial charge < -0.3 is 0 Å². The fraction of sp³-hybridized carbons (Fsp3) is 0.417. The topological polar surface area (TPSA) is 73.2 Å². The van der Waals surface area contributed by atoms with Crippen molar-refractivity contribution in [3.05, 3.63) is 33.8 Å². The molecule has 1 N–H and O–H groups in total. The zero-order chi connectivity index (χ0) is 15.3. The number of rotatable bonds is 6. The summed E-state index contributed by atoms with van der Waals surface area (Å²) in [6.07, 6.45) is 0.137. The third kappa shape index (κ3) is 4.62. The number of halogens is 2. The highest BCUT2D eigenvalue weighted by Crippen LogP contribution is 2.25.